The van der Waals surface area contributed by atoms with Gasteiger partial charge < -0.3 is 16.4 Å². The van der Waals surface area contributed by atoms with Gasteiger partial charge in [-0.3, -0.25) is 9.59 Å². The van der Waals surface area contributed by atoms with Crippen LogP contribution in [0.15, 0.2) is 53.4 Å². The van der Waals surface area contributed by atoms with Crippen molar-refractivity contribution in [2.45, 2.75) is 4.90 Å². The van der Waals surface area contributed by atoms with Gasteiger partial charge in [-0.25, -0.2) is 8.42 Å². The van der Waals surface area contributed by atoms with Gasteiger partial charge in [0, 0.05) is 43.0 Å². The Morgan fingerprint density at radius 3 is 1.96 bits per heavy atom. The van der Waals surface area contributed by atoms with Gasteiger partial charge in [-0.15, -0.1) is 0 Å². The van der Waals surface area contributed by atoms with E-state index in [9.17, 15) is 18.0 Å². The molecule has 1 heterocycles. The number of hydrogen-bond acceptors (Lipinski definition) is 5. The van der Waals surface area contributed by atoms with Gasteiger partial charge in [0.25, 0.3) is 0 Å². The van der Waals surface area contributed by atoms with Crippen LogP contribution in [-0.4, -0.2) is 50.7 Å². The number of nitrogens with zero attached hydrogens (tertiary/aromatic N) is 2. The van der Waals surface area contributed by atoms with Gasteiger partial charge in [0.05, 0.1) is 4.90 Å². The minimum absolute atomic E-state index is 0.0538. The van der Waals surface area contributed by atoms with Crippen molar-refractivity contribution < 1.29 is 18.0 Å². The maximum absolute atomic E-state index is 12.8. The van der Waals surface area contributed by atoms with E-state index in [0.29, 0.717) is 31.7 Å². The quantitative estimate of drug-likeness (QED) is 0.766. The molecule has 1 fully saturated rings. The van der Waals surface area contributed by atoms with Crippen LogP contribution in [0.5, 0.6) is 0 Å². The molecule has 27 heavy (non-hydrogen) atoms. The molecule has 0 bridgehead atoms. The molecule has 0 unspecified atom stereocenters. The topological polar surface area (TPSA) is 127 Å². The van der Waals surface area contributed by atoms with Crippen LogP contribution in [0, 0.1) is 0 Å². The predicted octanol–water partition coefficient (Wildman–Crippen LogP) is 0.395. The Labute approximate surface area is 157 Å². The van der Waals surface area contributed by atoms with Gasteiger partial charge in [0.15, 0.2) is 0 Å². The molecule has 8 nitrogen and oxygen atoms in total. The zero-order chi connectivity index (χ0) is 19.6. The number of piperazine rings is 1. The first-order chi connectivity index (χ1) is 12.8. The summed E-state index contributed by atoms with van der Waals surface area (Å²) in [5.41, 5.74) is 11.9. The van der Waals surface area contributed by atoms with Gasteiger partial charge in [0.1, 0.15) is 0 Å². The first-order valence-corrected chi connectivity index (χ1v) is 9.78. The molecule has 9 heteroatoms. The minimum Gasteiger partial charge on any atom is -0.369 e. The number of carbonyl (C=O) groups excluding carboxylic acids is 2. The average molecular weight is 388 g/mol. The number of benzene rings is 2. The van der Waals surface area contributed by atoms with Crippen LogP contribution in [0.1, 0.15) is 20.7 Å². The molecule has 2 aromatic rings. The van der Waals surface area contributed by atoms with Gasteiger partial charge in [0.2, 0.25) is 21.8 Å². The third kappa shape index (κ3) is 3.93. The lowest BCUT2D eigenvalue weighted by Gasteiger charge is -2.35. The summed E-state index contributed by atoms with van der Waals surface area (Å²) in [5.74, 6) is -1.16. The first-order valence-electron chi connectivity index (χ1n) is 8.34. The van der Waals surface area contributed by atoms with Crippen molar-refractivity contribution in [1.29, 1.82) is 0 Å². The molecule has 1 saturated heterocycles. The Balaban J connectivity index is 1.72. The normalized spacial score (nSPS) is 15.5. The third-order valence-corrected chi connectivity index (χ3v) is 6.41. The standard InChI is InChI=1S/C18H20N4O4S/c19-17(23)13-4-6-15(7-5-13)21-8-10-22(11-9-21)27(25,26)16-3-1-2-14(12-16)18(20)24/h1-7,12H,8-11H2,(H2,19,23)(H2,20,24). The molecule has 0 atom stereocenters. The van der Waals surface area contributed by atoms with Crippen molar-refractivity contribution in [2.75, 3.05) is 31.1 Å². The Kier molecular flexibility index (Phi) is 5.15. The molecule has 3 rings (SSSR count). The van der Waals surface area contributed by atoms with Crippen LogP contribution in [0.2, 0.25) is 0 Å². The summed E-state index contributed by atoms with van der Waals surface area (Å²) in [4.78, 5) is 24.5. The highest BCUT2D eigenvalue weighted by Crippen LogP contribution is 2.22. The van der Waals surface area contributed by atoms with Gasteiger partial charge >= 0.3 is 0 Å². The molecule has 0 radical (unpaired) electrons. The number of nitrogens with two attached hydrogens (primary N) is 2. The zero-order valence-corrected chi connectivity index (χ0v) is 15.4. The van der Waals surface area contributed by atoms with E-state index in [4.69, 9.17) is 11.5 Å². The minimum atomic E-state index is -3.70. The monoisotopic (exact) mass is 388 g/mol. The number of carbonyl (C=O) groups is 2. The van der Waals surface area contributed by atoms with Crippen LogP contribution < -0.4 is 16.4 Å². The van der Waals surface area contributed by atoms with Gasteiger partial charge in [-0.1, -0.05) is 6.07 Å². The SMILES string of the molecule is NC(=O)c1ccc(N2CCN(S(=O)(=O)c3cccc(C(N)=O)c3)CC2)cc1. The Bertz CT molecular complexity index is 965. The second-order valence-corrected chi connectivity index (χ2v) is 8.13. The fourth-order valence-corrected chi connectivity index (χ4v) is 4.45. The highest BCUT2D eigenvalue weighted by Gasteiger charge is 2.29. The summed E-state index contributed by atoms with van der Waals surface area (Å²) >= 11 is 0. The highest BCUT2D eigenvalue weighted by atomic mass is 32.2. The Hall–Kier alpha value is -2.91. The van der Waals surface area contributed by atoms with E-state index in [2.05, 4.69) is 0 Å². The van der Waals surface area contributed by atoms with Crippen molar-refractivity contribution >= 4 is 27.5 Å². The predicted molar refractivity (Wildman–Crippen MR) is 101 cm³/mol. The smallest absolute Gasteiger partial charge is 0.248 e. The first kappa shape index (κ1) is 18.9. The van der Waals surface area contributed by atoms with Crippen LogP contribution in [-0.2, 0) is 10.0 Å². The molecule has 4 N–H and O–H groups in total. The van der Waals surface area contributed by atoms with E-state index in [1.165, 1.54) is 28.6 Å². The molecule has 2 aromatic carbocycles. The Morgan fingerprint density at radius 1 is 0.815 bits per heavy atom. The van der Waals surface area contributed by atoms with Crippen molar-refractivity contribution in [3.05, 3.63) is 59.7 Å². The fourth-order valence-electron chi connectivity index (χ4n) is 2.98. The molecular formula is C18H20N4O4S. The van der Waals surface area contributed by atoms with Crippen LogP contribution >= 0.6 is 0 Å². The molecule has 0 aliphatic carbocycles. The van der Waals surface area contributed by atoms with Gasteiger partial charge in [-0.05, 0) is 42.5 Å². The van der Waals surface area contributed by atoms with Crippen LogP contribution in [0.3, 0.4) is 0 Å². The number of primary amides is 2. The largest absolute Gasteiger partial charge is 0.369 e. The summed E-state index contributed by atoms with van der Waals surface area (Å²) in [6.07, 6.45) is 0. The summed E-state index contributed by atoms with van der Waals surface area (Å²) in [7, 11) is -3.70. The zero-order valence-electron chi connectivity index (χ0n) is 14.5. The lowest BCUT2D eigenvalue weighted by molar-refractivity contribution is 0.0991. The molecular weight excluding hydrogens is 368 g/mol. The molecule has 1 aliphatic rings. The maximum Gasteiger partial charge on any atom is 0.248 e. The second-order valence-electron chi connectivity index (χ2n) is 6.19. The number of amides is 2. The number of sulfonamides is 1. The molecule has 142 valence electrons. The van der Waals surface area contributed by atoms with E-state index in [-0.39, 0.29) is 10.5 Å². The van der Waals surface area contributed by atoms with E-state index in [0.717, 1.165) is 5.69 Å². The summed E-state index contributed by atoms with van der Waals surface area (Å²) in [6, 6.07) is 12.6. The Morgan fingerprint density at radius 2 is 1.41 bits per heavy atom. The molecule has 2 amide bonds. The van der Waals surface area contributed by atoms with Crippen molar-refractivity contribution in [1.82, 2.24) is 4.31 Å². The number of hydrogen-bond donors (Lipinski definition) is 2. The van der Waals surface area contributed by atoms with Crippen molar-refractivity contribution in [2.24, 2.45) is 11.5 Å². The molecule has 0 saturated carbocycles. The molecule has 0 aromatic heterocycles. The molecule has 1 aliphatic heterocycles. The van der Waals surface area contributed by atoms with E-state index < -0.39 is 21.8 Å². The van der Waals surface area contributed by atoms with Crippen LogP contribution in [0.4, 0.5) is 5.69 Å². The average Bonchev–Trinajstić information content (AvgIpc) is 2.68. The third-order valence-electron chi connectivity index (χ3n) is 4.51. The van der Waals surface area contributed by atoms with E-state index >= 15 is 0 Å². The highest BCUT2D eigenvalue weighted by molar-refractivity contribution is 7.89. The van der Waals surface area contributed by atoms with Crippen molar-refractivity contribution in [3.8, 4) is 0 Å². The number of anilines is 1. The van der Waals surface area contributed by atoms with Gasteiger partial charge in [-0.2, -0.15) is 4.31 Å². The lowest BCUT2D eigenvalue weighted by atomic mass is 10.2. The van der Waals surface area contributed by atoms with E-state index in [1.807, 2.05) is 4.90 Å². The summed E-state index contributed by atoms with van der Waals surface area (Å²) < 4.78 is 27.0. The fraction of sp³-hybridized carbons (Fsp3) is 0.222. The summed E-state index contributed by atoms with van der Waals surface area (Å²) in [5, 5.41) is 0. The second kappa shape index (κ2) is 7.37. The van der Waals surface area contributed by atoms with Crippen LogP contribution in [0.25, 0.3) is 0 Å². The lowest BCUT2D eigenvalue weighted by Crippen LogP contribution is -2.48. The summed E-state index contributed by atoms with van der Waals surface area (Å²) in [6.45, 7) is 1.62. The number of rotatable bonds is 5. The molecule has 0 spiro atoms. The maximum atomic E-state index is 12.8. The van der Waals surface area contributed by atoms with Crippen molar-refractivity contribution in [3.63, 3.8) is 0 Å². The van der Waals surface area contributed by atoms with E-state index in [1.54, 1.807) is 24.3 Å².